The first-order chi connectivity index (χ1) is 13.7. The van der Waals surface area contributed by atoms with Crippen LogP contribution < -0.4 is 15.5 Å². The van der Waals surface area contributed by atoms with Gasteiger partial charge in [0.15, 0.2) is 0 Å². The molecule has 29 heavy (non-hydrogen) atoms. The van der Waals surface area contributed by atoms with E-state index < -0.39 is 22.7 Å². The van der Waals surface area contributed by atoms with Crippen LogP contribution in [0.25, 0.3) is 0 Å². The van der Waals surface area contributed by atoms with Crippen LogP contribution in [0, 0.1) is 22.0 Å². The van der Waals surface area contributed by atoms with E-state index in [-0.39, 0.29) is 35.2 Å². The molecule has 2 N–H and O–H groups in total. The van der Waals surface area contributed by atoms with Crippen molar-refractivity contribution in [3.63, 3.8) is 0 Å². The summed E-state index contributed by atoms with van der Waals surface area (Å²) in [6.45, 7) is 0.733. The van der Waals surface area contributed by atoms with E-state index in [0.29, 0.717) is 13.1 Å². The summed E-state index contributed by atoms with van der Waals surface area (Å²) in [5.41, 5.74) is -0.965. The van der Waals surface area contributed by atoms with Crippen LogP contribution in [0.1, 0.15) is 5.56 Å². The standard InChI is InChI=1S/C17H15F3N6O3/c18-17(19,20)12-2-1-5-21-15(12)25-7-10-11(8-25)14(10)24-16(27)23-13-4-3-9(6-22-13)26(28)29/h1-6,10-11,14H,7-8H2,(H2,22,23,24,27). The first-order valence-corrected chi connectivity index (χ1v) is 8.69. The number of carbonyl (C=O) groups is 1. The molecule has 1 saturated carbocycles. The lowest BCUT2D eigenvalue weighted by Gasteiger charge is -2.24. The number of aromatic nitrogens is 2. The molecule has 0 radical (unpaired) electrons. The fourth-order valence-electron chi connectivity index (χ4n) is 3.66. The number of rotatable bonds is 4. The number of nitro groups is 1. The van der Waals surface area contributed by atoms with Crippen LogP contribution >= 0.6 is 0 Å². The minimum Gasteiger partial charge on any atom is -0.355 e. The molecule has 1 saturated heterocycles. The molecule has 3 heterocycles. The Hall–Kier alpha value is -3.44. The summed E-state index contributed by atoms with van der Waals surface area (Å²) in [7, 11) is 0. The van der Waals surface area contributed by atoms with Crippen molar-refractivity contribution < 1.29 is 22.9 Å². The summed E-state index contributed by atoms with van der Waals surface area (Å²) in [6.07, 6.45) is -2.12. The molecule has 9 nitrogen and oxygen atoms in total. The zero-order valence-corrected chi connectivity index (χ0v) is 14.8. The zero-order chi connectivity index (χ0) is 20.8. The Kier molecular flexibility index (Phi) is 4.47. The second-order valence-electron chi connectivity index (χ2n) is 6.89. The molecule has 2 aromatic rings. The van der Waals surface area contributed by atoms with Crippen LogP contribution in [0.15, 0.2) is 36.7 Å². The molecule has 0 spiro atoms. The highest BCUT2D eigenvalue weighted by molar-refractivity contribution is 5.88. The topological polar surface area (TPSA) is 113 Å². The Morgan fingerprint density at radius 3 is 2.52 bits per heavy atom. The monoisotopic (exact) mass is 408 g/mol. The number of anilines is 2. The summed E-state index contributed by atoms with van der Waals surface area (Å²) < 4.78 is 39.5. The predicted octanol–water partition coefficient (Wildman–Crippen LogP) is 2.66. The smallest absolute Gasteiger partial charge is 0.355 e. The van der Waals surface area contributed by atoms with E-state index in [1.807, 2.05) is 0 Å². The van der Waals surface area contributed by atoms with Gasteiger partial charge in [-0.25, -0.2) is 14.8 Å². The van der Waals surface area contributed by atoms with Gasteiger partial charge in [-0.1, -0.05) is 0 Å². The normalized spacial score (nSPS) is 22.7. The highest BCUT2D eigenvalue weighted by Crippen LogP contribution is 2.48. The van der Waals surface area contributed by atoms with Crippen molar-refractivity contribution in [3.8, 4) is 0 Å². The van der Waals surface area contributed by atoms with Gasteiger partial charge in [0.05, 0.1) is 10.5 Å². The van der Waals surface area contributed by atoms with E-state index in [1.165, 1.54) is 24.4 Å². The van der Waals surface area contributed by atoms with E-state index in [2.05, 4.69) is 20.6 Å². The number of alkyl halides is 3. The highest BCUT2D eigenvalue weighted by atomic mass is 19.4. The third kappa shape index (κ3) is 3.77. The largest absolute Gasteiger partial charge is 0.419 e. The minimum atomic E-state index is -4.48. The molecule has 2 fully saturated rings. The molecule has 0 aromatic carbocycles. The van der Waals surface area contributed by atoms with Crippen molar-refractivity contribution in [1.82, 2.24) is 15.3 Å². The number of nitrogens with one attached hydrogen (secondary N) is 2. The lowest BCUT2D eigenvalue weighted by molar-refractivity contribution is -0.385. The third-order valence-electron chi connectivity index (χ3n) is 5.08. The maximum absolute atomic E-state index is 13.2. The summed E-state index contributed by atoms with van der Waals surface area (Å²) in [5.74, 6) is 0.136. The van der Waals surface area contributed by atoms with Gasteiger partial charge in [-0.15, -0.1) is 0 Å². The Labute approximate surface area is 162 Å². The second-order valence-corrected chi connectivity index (χ2v) is 6.89. The number of nitrogens with zero attached hydrogens (tertiary/aromatic N) is 4. The molecular weight excluding hydrogens is 393 g/mol. The van der Waals surface area contributed by atoms with Gasteiger partial charge in [0.25, 0.3) is 5.69 Å². The zero-order valence-electron chi connectivity index (χ0n) is 14.8. The average Bonchev–Trinajstić information content (AvgIpc) is 3.10. The molecule has 2 aromatic heterocycles. The van der Waals surface area contributed by atoms with Crippen molar-refractivity contribution in [1.29, 1.82) is 0 Å². The second kappa shape index (κ2) is 6.87. The lowest BCUT2D eigenvalue weighted by Crippen LogP contribution is -2.37. The van der Waals surface area contributed by atoms with E-state index in [9.17, 15) is 28.1 Å². The van der Waals surface area contributed by atoms with Crippen molar-refractivity contribution >= 4 is 23.4 Å². The van der Waals surface area contributed by atoms with Crippen LogP contribution in [-0.4, -0.2) is 40.1 Å². The minimum absolute atomic E-state index is 0.0358. The third-order valence-corrected chi connectivity index (χ3v) is 5.08. The molecule has 152 valence electrons. The number of hydrogen-bond donors (Lipinski definition) is 2. The maximum atomic E-state index is 13.2. The van der Waals surface area contributed by atoms with Gasteiger partial charge in [0, 0.05) is 43.2 Å². The fraction of sp³-hybridized carbons (Fsp3) is 0.353. The predicted molar refractivity (Wildman–Crippen MR) is 95.3 cm³/mol. The molecule has 1 aliphatic carbocycles. The quantitative estimate of drug-likeness (QED) is 0.594. The molecule has 0 bridgehead atoms. The van der Waals surface area contributed by atoms with E-state index in [1.54, 1.807) is 4.90 Å². The number of urea groups is 1. The number of piperidine rings is 1. The number of pyridine rings is 2. The molecule has 1 aliphatic heterocycles. The molecule has 2 amide bonds. The van der Waals surface area contributed by atoms with Crippen LogP contribution in [0.3, 0.4) is 0 Å². The number of carbonyl (C=O) groups excluding carboxylic acids is 1. The van der Waals surface area contributed by atoms with Gasteiger partial charge in [0.2, 0.25) is 0 Å². The van der Waals surface area contributed by atoms with Gasteiger partial charge in [-0.3, -0.25) is 15.4 Å². The number of hydrogen-bond acceptors (Lipinski definition) is 6. The van der Waals surface area contributed by atoms with Gasteiger partial charge in [0.1, 0.15) is 17.8 Å². The first-order valence-electron chi connectivity index (χ1n) is 8.69. The van der Waals surface area contributed by atoms with Crippen LogP contribution in [0.2, 0.25) is 0 Å². The van der Waals surface area contributed by atoms with Crippen molar-refractivity contribution in [3.05, 3.63) is 52.3 Å². The summed E-state index contributed by atoms with van der Waals surface area (Å²) in [6, 6.07) is 4.12. The van der Waals surface area contributed by atoms with Gasteiger partial charge in [-0.05, 0) is 18.2 Å². The average molecular weight is 408 g/mol. The first kappa shape index (κ1) is 18.9. The lowest BCUT2D eigenvalue weighted by atomic mass is 10.2. The Bertz CT molecular complexity index is 940. The molecule has 2 aliphatic rings. The van der Waals surface area contributed by atoms with Crippen molar-refractivity contribution in [2.75, 3.05) is 23.3 Å². The number of halogens is 3. The highest BCUT2D eigenvalue weighted by Gasteiger charge is 2.57. The van der Waals surface area contributed by atoms with Crippen molar-refractivity contribution in [2.24, 2.45) is 11.8 Å². The van der Waals surface area contributed by atoms with Crippen LogP contribution in [0.4, 0.5) is 35.3 Å². The van der Waals surface area contributed by atoms with Gasteiger partial charge < -0.3 is 10.2 Å². The SMILES string of the molecule is O=C(Nc1ccc([N+](=O)[O-])cn1)NC1C2CN(c3ncccc3C(F)(F)F)CC21. The molecule has 4 rings (SSSR count). The number of amides is 2. The Balaban J connectivity index is 1.32. The summed E-state index contributed by atoms with van der Waals surface area (Å²) in [4.78, 5) is 31.4. The Morgan fingerprint density at radius 1 is 1.21 bits per heavy atom. The molecule has 2 atom stereocenters. The van der Waals surface area contributed by atoms with Gasteiger partial charge >= 0.3 is 12.2 Å². The van der Waals surface area contributed by atoms with Crippen LogP contribution in [0.5, 0.6) is 0 Å². The van der Waals surface area contributed by atoms with E-state index >= 15 is 0 Å². The molecular formula is C17H15F3N6O3. The van der Waals surface area contributed by atoms with Crippen molar-refractivity contribution in [2.45, 2.75) is 12.2 Å². The summed E-state index contributed by atoms with van der Waals surface area (Å²) in [5, 5.41) is 15.8. The van der Waals surface area contributed by atoms with E-state index in [4.69, 9.17) is 0 Å². The van der Waals surface area contributed by atoms with Gasteiger partial charge in [-0.2, -0.15) is 13.2 Å². The molecule has 2 unspecified atom stereocenters. The fourth-order valence-corrected chi connectivity index (χ4v) is 3.66. The Morgan fingerprint density at radius 2 is 1.93 bits per heavy atom. The molecule has 12 heteroatoms. The van der Waals surface area contributed by atoms with E-state index in [0.717, 1.165) is 12.3 Å². The maximum Gasteiger partial charge on any atom is 0.419 e. The number of fused-ring (bicyclic) bond motifs is 1. The van der Waals surface area contributed by atoms with Crippen LogP contribution in [-0.2, 0) is 6.18 Å². The summed E-state index contributed by atoms with van der Waals surface area (Å²) >= 11 is 0.